The van der Waals surface area contributed by atoms with Crippen molar-refractivity contribution < 1.29 is 4.92 Å². The minimum atomic E-state index is -0.451. The molecule has 0 atom stereocenters. The van der Waals surface area contributed by atoms with Crippen LogP contribution in [0.1, 0.15) is 11.1 Å². The molecule has 0 saturated carbocycles. The Morgan fingerprint density at radius 2 is 2.00 bits per heavy atom. The first kappa shape index (κ1) is 15.5. The highest BCUT2D eigenvalue weighted by Gasteiger charge is 2.10. The molecule has 6 nitrogen and oxygen atoms in total. The number of hydrogen-bond acceptors (Lipinski definition) is 5. The molecule has 0 spiro atoms. The lowest BCUT2D eigenvalue weighted by atomic mass is 10.2. The van der Waals surface area contributed by atoms with E-state index in [1.807, 2.05) is 42.5 Å². The van der Waals surface area contributed by atoms with Crippen molar-refractivity contribution in [3.8, 4) is 0 Å². The van der Waals surface area contributed by atoms with Gasteiger partial charge in [-0.3, -0.25) is 15.1 Å². The smallest absolute Gasteiger partial charge is 0.274 e. The third-order valence-corrected chi connectivity index (χ3v) is 3.10. The second-order valence-corrected chi connectivity index (χ2v) is 4.86. The molecular formula is C16H18N4O2. The number of nitrogens with zero attached hydrogens (tertiary/aromatic N) is 3. The van der Waals surface area contributed by atoms with Gasteiger partial charge in [-0.05, 0) is 17.2 Å². The van der Waals surface area contributed by atoms with E-state index in [9.17, 15) is 10.1 Å². The van der Waals surface area contributed by atoms with Gasteiger partial charge in [0.2, 0.25) is 0 Å². The van der Waals surface area contributed by atoms with Crippen LogP contribution in [0.15, 0.2) is 66.9 Å². The van der Waals surface area contributed by atoms with Gasteiger partial charge >= 0.3 is 0 Å². The maximum Gasteiger partial charge on any atom is 0.274 e. The van der Waals surface area contributed by atoms with Gasteiger partial charge in [-0.2, -0.15) is 0 Å². The Bertz CT molecular complexity index is 629. The van der Waals surface area contributed by atoms with Crippen molar-refractivity contribution in [3.05, 3.63) is 88.1 Å². The van der Waals surface area contributed by atoms with Gasteiger partial charge in [0, 0.05) is 32.5 Å². The van der Waals surface area contributed by atoms with Crippen LogP contribution in [0.4, 0.5) is 0 Å². The van der Waals surface area contributed by atoms with E-state index < -0.39 is 4.92 Å². The fraction of sp³-hybridized carbons (Fsp3) is 0.188. The first-order valence-corrected chi connectivity index (χ1v) is 6.88. The van der Waals surface area contributed by atoms with Crippen molar-refractivity contribution in [1.29, 1.82) is 0 Å². The molecule has 0 unspecified atom stereocenters. The van der Waals surface area contributed by atoms with Gasteiger partial charge in [0.25, 0.3) is 6.20 Å². The molecule has 6 heteroatoms. The maximum atomic E-state index is 10.8. The number of hydrogen-bond donors (Lipinski definition) is 1. The summed E-state index contributed by atoms with van der Waals surface area (Å²) in [6.45, 7) is 1.06. The van der Waals surface area contributed by atoms with Crippen LogP contribution in [0.25, 0.3) is 0 Å². The van der Waals surface area contributed by atoms with E-state index >= 15 is 0 Å². The summed E-state index contributed by atoms with van der Waals surface area (Å²) in [6.07, 6.45) is 4.43. The van der Waals surface area contributed by atoms with Crippen LogP contribution in [-0.4, -0.2) is 21.9 Å². The molecular weight excluding hydrogens is 280 g/mol. The minimum absolute atomic E-state index is 0.451. The summed E-state index contributed by atoms with van der Waals surface area (Å²) in [7, 11) is 1.81. The Morgan fingerprint density at radius 1 is 1.27 bits per heavy atom. The molecule has 0 aliphatic heterocycles. The van der Waals surface area contributed by atoms with Gasteiger partial charge in [-0.1, -0.05) is 36.4 Å². The predicted octanol–water partition coefficient (Wildman–Crippen LogP) is 2.38. The van der Waals surface area contributed by atoms with Gasteiger partial charge < -0.3 is 10.2 Å². The number of benzene rings is 1. The first-order valence-electron chi connectivity index (χ1n) is 6.88. The monoisotopic (exact) mass is 298 g/mol. The zero-order valence-electron chi connectivity index (χ0n) is 12.3. The lowest BCUT2D eigenvalue weighted by Gasteiger charge is -2.21. The van der Waals surface area contributed by atoms with Gasteiger partial charge in [0.1, 0.15) is 0 Å². The topological polar surface area (TPSA) is 71.3 Å². The number of nitro groups is 1. The maximum absolute atomic E-state index is 10.8. The van der Waals surface area contributed by atoms with Crippen molar-refractivity contribution in [3.63, 3.8) is 0 Å². The van der Waals surface area contributed by atoms with Crippen LogP contribution in [-0.2, 0) is 13.1 Å². The lowest BCUT2D eigenvalue weighted by molar-refractivity contribution is -0.404. The highest BCUT2D eigenvalue weighted by molar-refractivity contribution is 5.16. The summed E-state index contributed by atoms with van der Waals surface area (Å²) < 4.78 is 0. The van der Waals surface area contributed by atoms with E-state index in [1.54, 1.807) is 24.3 Å². The number of aromatic nitrogens is 1. The normalized spacial score (nSPS) is 11.0. The molecule has 0 fully saturated rings. The molecule has 0 aliphatic carbocycles. The third-order valence-electron chi connectivity index (χ3n) is 3.10. The van der Waals surface area contributed by atoms with E-state index in [0.29, 0.717) is 18.9 Å². The number of nitrogens with one attached hydrogen (secondary N) is 1. The summed E-state index contributed by atoms with van der Waals surface area (Å²) in [5, 5.41) is 13.9. The molecule has 1 aromatic carbocycles. The largest absolute Gasteiger partial charge is 0.363 e. The zero-order chi connectivity index (χ0) is 15.8. The Balaban J connectivity index is 2.04. The van der Waals surface area contributed by atoms with Gasteiger partial charge in [0.05, 0.1) is 4.92 Å². The summed E-state index contributed by atoms with van der Waals surface area (Å²) >= 11 is 0. The van der Waals surface area contributed by atoms with Gasteiger partial charge in [0.15, 0.2) is 5.82 Å². The molecule has 2 rings (SSSR count). The average Bonchev–Trinajstić information content (AvgIpc) is 2.53. The molecule has 1 N–H and O–H groups in total. The molecule has 0 aliphatic rings. The molecule has 0 amide bonds. The fourth-order valence-electron chi connectivity index (χ4n) is 2.02. The summed E-state index contributed by atoms with van der Waals surface area (Å²) in [5.41, 5.74) is 2.05. The van der Waals surface area contributed by atoms with E-state index in [1.165, 1.54) is 0 Å². The van der Waals surface area contributed by atoms with Crippen molar-refractivity contribution in [2.24, 2.45) is 0 Å². The molecule has 1 heterocycles. The van der Waals surface area contributed by atoms with Crippen LogP contribution in [0, 0.1) is 10.1 Å². The van der Waals surface area contributed by atoms with Crippen LogP contribution < -0.4 is 5.32 Å². The van der Waals surface area contributed by atoms with Crippen molar-refractivity contribution in [2.75, 3.05) is 7.05 Å². The molecule has 0 bridgehead atoms. The quantitative estimate of drug-likeness (QED) is 0.627. The molecule has 114 valence electrons. The highest BCUT2D eigenvalue weighted by Crippen LogP contribution is 2.07. The fourth-order valence-corrected chi connectivity index (χ4v) is 2.02. The third kappa shape index (κ3) is 4.90. The Hall–Kier alpha value is -2.89. The van der Waals surface area contributed by atoms with E-state index in [2.05, 4.69) is 10.3 Å². The minimum Gasteiger partial charge on any atom is -0.363 e. The van der Waals surface area contributed by atoms with Crippen LogP contribution in [0.2, 0.25) is 0 Å². The van der Waals surface area contributed by atoms with E-state index in [4.69, 9.17) is 0 Å². The van der Waals surface area contributed by atoms with Crippen LogP contribution in [0.5, 0.6) is 0 Å². The molecule has 22 heavy (non-hydrogen) atoms. The standard InChI is InChI=1S/C16H18N4O2/c1-19(12-15-8-5-9-17-10-15)16(13-20(21)22)18-11-14-6-3-2-4-7-14/h2-10,13,18H,11-12H2,1H3/b16-13-. The Morgan fingerprint density at radius 3 is 2.64 bits per heavy atom. The average molecular weight is 298 g/mol. The van der Waals surface area contributed by atoms with Crippen molar-refractivity contribution in [1.82, 2.24) is 15.2 Å². The molecule has 2 aromatic rings. The Kier molecular flexibility index (Phi) is 5.48. The predicted molar refractivity (Wildman–Crippen MR) is 84.1 cm³/mol. The molecule has 1 aromatic heterocycles. The second kappa shape index (κ2) is 7.78. The SMILES string of the molecule is CN(Cc1cccnc1)/C(=C\[N+](=O)[O-])NCc1ccccc1. The zero-order valence-corrected chi connectivity index (χ0v) is 12.3. The summed E-state index contributed by atoms with van der Waals surface area (Å²) in [5.74, 6) is 0.456. The Labute approximate surface area is 129 Å². The van der Waals surface area contributed by atoms with Crippen LogP contribution >= 0.6 is 0 Å². The van der Waals surface area contributed by atoms with Crippen molar-refractivity contribution in [2.45, 2.75) is 13.1 Å². The summed E-state index contributed by atoms with van der Waals surface area (Å²) in [4.78, 5) is 16.2. The second-order valence-electron chi connectivity index (χ2n) is 4.86. The summed E-state index contributed by atoms with van der Waals surface area (Å²) in [6, 6.07) is 13.5. The van der Waals surface area contributed by atoms with Crippen molar-refractivity contribution >= 4 is 0 Å². The van der Waals surface area contributed by atoms with E-state index in [0.717, 1.165) is 17.3 Å². The van der Waals surface area contributed by atoms with Gasteiger partial charge in [-0.25, -0.2) is 0 Å². The number of rotatable bonds is 7. The molecule has 0 saturated heterocycles. The van der Waals surface area contributed by atoms with Gasteiger partial charge in [-0.15, -0.1) is 0 Å². The van der Waals surface area contributed by atoms with E-state index in [-0.39, 0.29) is 0 Å². The number of pyridine rings is 1. The molecule has 0 radical (unpaired) electrons. The lowest BCUT2D eigenvalue weighted by Crippen LogP contribution is -2.29. The van der Waals surface area contributed by atoms with Crippen LogP contribution in [0.3, 0.4) is 0 Å². The first-order chi connectivity index (χ1) is 10.6. The highest BCUT2D eigenvalue weighted by atomic mass is 16.6.